The first-order chi connectivity index (χ1) is 16.0. The molecule has 0 spiro atoms. The molecule has 1 saturated heterocycles. The average molecular weight is 487 g/mol. The lowest BCUT2D eigenvalue weighted by molar-refractivity contribution is 0.0487. The molecule has 2 aromatic carbocycles. The van der Waals surface area contributed by atoms with Crippen molar-refractivity contribution in [2.45, 2.75) is 25.2 Å². The van der Waals surface area contributed by atoms with Gasteiger partial charge < -0.3 is 19.5 Å². The minimum absolute atomic E-state index is 0.114. The number of nitrogens with zero attached hydrogens (tertiary/aromatic N) is 1. The molecule has 0 atom stereocenters. The van der Waals surface area contributed by atoms with E-state index in [1.165, 1.54) is 16.9 Å². The summed E-state index contributed by atoms with van der Waals surface area (Å²) in [6, 6.07) is 13.5. The number of hydrogen-bond acceptors (Lipinski definition) is 6. The number of rotatable bonds is 7. The number of amides is 1. The maximum atomic E-state index is 13.2. The number of carbonyl (C=O) groups is 1. The fourth-order valence-corrected chi connectivity index (χ4v) is 5.27. The van der Waals surface area contributed by atoms with Crippen LogP contribution < -0.4 is 14.8 Å². The van der Waals surface area contributed by atoms with Crippen molar-refractivity contribution in [3.8, 4) is 22.1 Å². The summed E-state index contributed by atoms with van der Waals surface area (Å²) in [5.41, 5.74) is 2.57. The number of aromatic nitrogens is 1. The molecular formula is C25H27ClN2O4S. The minimum Gasteiger partial charge on any atom is -0.493 e. The van der Waals surface area contributed by atoms with Crippen LogP contribution >= 0.6 is 22.9 Å². The molecule has 1 aliphatic rings. The van der Waals surface area contributed by atoms with Crippen molar-refractivity contribution >= 4 is 28.8 Å². The quantitative estimate of drug-likeness (QED) is 0.492. The molecule has 6 nitrogen and oxygen atoms in total. The van der Waals surface area contributed by atoms with Gasteiger partial charge in [-0.15, -0.1) is 11.3 Å². The normalized spacial score (nSPS) is 15.2. The van der Waals surface area contributed by atoms with Crippen molar-refractivity contribution in [1.29, 1.82) is 0 Å². The zero-order valence-electron chi connectivity index (χ0n) is 18.9. The van der Waals surface area contributed by atoms with E-state index in [-0.39, 0.29) is 11.3 Å². The van der Waals surface area contributed by atoms with Crippen molar-refractivity contribution in [3.05, 3.63) is 63.6 Å². The van der Waals surface area contributed by atoms with Crippen LogP contribution in [0.4, 0.5) is 0 Å². The van der Waals surface area contributed by atoms with Gasteiger partial charge in [0.2, 0.25) is 0 Å². The summed E-state index contributed by atoms with van der Waals surface area (Å²) in [6.07, 6.45) is 1.68. The first-order valence-electron chi connectivity index (χ1n) is 10.8. The highest BCUT2D eigenvalue weighted by Crippen LogP contribution is 2.37. The number of nitrogens with one attached hydrogen (secondary N) is 1. The van der Waals surface area contributed by atoms with Crippen LogP contribution in [0, 0.1) is 6.92 Å². The number of aryl methyl sites for hydroxylation is 1. The Bertz CT molecular complexity index is 1120. The van der Waals surface area contributed by atoms with Gasteiger partial charge in [-0.25, -0.2) is 4.98 Å². The van der Waals surface area contributed by atoms with Crippen LogP contribution in [-0.4, -0.2) is 44.9 Å². The van der Waals surface area contributed by atoms with Crippen LogP contribution in [0.25, 0.3) is 10.6 Å². The maximum Gasteiger partial charge on any atom is 0.263 e. The predicted molar refractivity (Wildman–Crippen MR) is 131 cm³/mol. The van der Waals surface area contributed by atoms with E-state index in [0.717, 1.165) is 23.4 Å². The maximum absolute atomic E-state index is 13.2. The summed E-state index contributed by atoms with van der Waals surface area (Å²) >= 11 is 7.47. The molecule has 1 fully saturated rings. The number of thiazole rings is 1. The summed E-state index contributed by atoms with van der Waals surface area (Å²) in [7, 11) is 3.20. The Morgan fingerprint density at radius 1 is 1.12 bits per heavy atom. The summed E-state index contributed by atoms with van der Waals surface area (Å²) < 4.78 is 16.3. The molecule has 1 aromatic heterocycles. The summed E-state index contributed by atoms with van der Waals surface area (Å²) in [4.78, 5) is 18.4. The van der Waals surface area contributed by atoms with Crippen molar-refractivity contribution in [2.75, 3.05) is 34.0 Å². The Morgan fingerprint density at radius 3 is 2.48 bits per heavy atom. The highest BCUT2D eigenvalue weighted by Gasteiger charge is 2.35. The van der Waals surface area contributed by atoms with E-state index in [1.807, 2.05) is 49.4 Å². The lowest BCUT2D eigenvalue weighted by atomic mass is 9.74. The van der Waals surface area contributed by atoms with Crippen LogP contribution in [0.2, 0.25) is 5.02 Å². The predicted octanol–water partition coefficient (Wildman–Crippen LogP) is 5.27. The lowest BCUT2D eigenvalue weighted by Gasteiger charge is -2.38. The van der Waals surface area contributed by atoms with E-state index in [1.54, 1.807) is 14.2 Å². The fraction of sp³-hybridized carbons (Fsp3) is 0.360. The topological polar surface area (TPSA) is 69.7 Å². The minimum atomic E-state index is -0.177. The van der Waals surface area contributed by atoms with E-state index in [9.17, 15) is 4.79 Å². The van der Waals surface area contributed by atoms with Crippen molar-refractivity contribution < 1.29 is 19.0 Å². The second-order valence-corrected chi connectivity index (χ2v) is 9.52. The number of hydrogen-bond donors (Lipinski definition) is 1. The van der Waals surface area contributed by atoms with Crippen LogP contribution in [0.1, 0.15) is 33.8 Å². The standard InChI is InChI=1S/C25H27ClN2O4S/c1-16-22(33-24(28-16)17-4-9-20(30-2)21(14-17)31-3)23(29)27-15-25(10-12-32-13-11-25)18-5-7-19(26)8-6-18/h4-9,14H,10-13,15H2,1-3H3,(H,27,29). The monoisotopic (exact) mass is 486 g/mol. The molecule has 1 aliphatic heterocycles. The molecule has 0 bridgehead atoms. The van der Waals surface area contributed by atoms with Gasteiger partial charge in [-0.05, 0) is 55.7 Å². The summed E-state index contributed by atoms with van der Waals surface area (Å²) in [6.45, 7) is 3.72. The number of carbonyl (C=O) groups excluding carboxylic acids is 1. The molecule has 8 heteroatoms. The van der Waals surface area contributed by atoms with Crippen LogP contribution in [-0.2, 0) is 10.2 Å². The van der Waals surface area contributed by atoms with Gasteiger partial charge in [-0.1, -0.05) is 23.7 Å². The third kappa shape index (κ3) is 5.00. The Morgan fingerprint density at radius 2 is 1.82 bits per heavy atom. The van der Waals surface area contributed by atoms with Crippen molar-refractivity contribution in [2.24, 2.45) is 0 Å². The van der Waals surface area contributed by atoms with Gasteiger partial charge in [0, 0.05) is 35.8 Å². The molecule has 4 rings (SSSR count). The molecule has 1 amide bonds. The molecule has 2 heterocycles. The number of methoxy groups -OCH3 is 2. The van der Waals surface area contributed by atoms with Gasteiger partial charge in [0.15, 0.2) is 11.5 Å². The van der Waals surface area contributed by atoms with Gasteiger partial charge >= 0.3 is 0 Å². The van der Waals surface area contributed by atoms with E-state index < -0.39 is 0 Å². The number of benzene rings is 2. The molecule has 0 saturated carbocycles. The first kappa shape index (κ1) is 23.5. The second kappa shape index (κ2) is 10.1. The van der Waals surface area contributed by atoms with E-state index in [2.05, 4.69) is 10.3 Å². The Hall–Kier alpha value is -2.61. The highest BCUT2D eigenvalue weighted by molar-refractivity contribution is 7.17. The number of ether oxygens (including phenoxy) is 3. The third-order valence-electron chi connectivity index (χ3n) is 6.13. The molecule has 0 aliphatic carbocycles. The Balaban J connectivity index is 1.54. The zero-order valence-corrected chi connectivity index (χ0v) is 20.5. The number of halogens is 1. The summed E-state index contributed by atoms with van der Waals surface area (Å²) in [5, 5.41) is 4.63. The van der Waals surface area contributed by atoms with Gasteiger partial charge in [0.05, 0.1) is 19.9 Å². The van der Waals surface area contributed by atoms with Gasteiger partial charge in [-0.2, -0.15) is 0 Å². The van der Waals surface area contributed by atoms with Crippen LogP contribution in [0.5, 0.6) is 11.5 Å². The van der Waals surface area contributed by atoms with Gasteiger partial charge in [0.25, 0.3) is 5.91 Å². The van der Waals surface area contributed by atoms with E-state index >= 15 is 0 Å². The van der Waals surface area contributed by atoms with E-state index in [0.29, 0.717) is 46.9 Å². The summed E-state index contributed by atoms with van der Waals surface area (Å²) in [5.74, 6) is 1.16. The van der Waals surface area contributed by atoms with E-state index in [4.69, 9.17) is 25.8 Å². The Kier molecular flexibility index (Phi) is 7.22. The SMILES string of the molecule is COc1ccc(-c2nc(C)c(C(=O)NCC3(c4ccc(Cl)cc4)CCOCC3)s2)cc1OC. The van der Waals surface area contributed by atoms with Crippen LogP contribution in [0.3, 0.4) is 0 Å². The zero-order chi connectivity index (χ0) is 23.4. The Labute approximate surface area is 202 Å². The average Bonchev–Trinajstić information content (AvgIpc) is 3.24. The molecule has 174 valence electrons. The largest absolute Gasteiger partial charge is 0.493 e. The highest BCUT2D eigenvalue weighted by atomic mass is 35.5. The van der Waals surface area contributed by atoms with Crippen molar-refractivity contribution in [1.82, 2.24) is 10.3 Å². The fourth-order valence-electron chi connectivity index (χ4n) is 4.16. The molecule has 1 N–H and O–H groups in total. The van der Waals surface area contributed by atoms with Crippen molar-refractivity contribution in [3.63, 3.8) is 0 Å². The lowest BCUT2D eigenvalue weighted by Crippen LogP contribution is -2.44. The molecule has 3 aromatic rings. The second-order valence-electron chi connectivity index (χ2n) is 8.09. The van der Waals surface area contributed by atoms with Gasteiger partial charge in [0.1, 0.15) is 9.88 Å². The van der Waals surface area contributed by atoms with Crippen LogP contribution in [0.15, 0.2) is 42.5 Å². The first-order valence-corrected chi connectivity index (χ1v) is 12.0. The van der Waals surface area contributed by atoms with Gasteiger partial charge in [-0.3, -0.25) is 4.79 Å². The molecule has 33 heavy (non-hydrogen) atoms. The molecular weight excluding hydrogens is 460 g/mol. The third-order valence-corrected chi connectivity index (χ3v) is 7.58. The smallest absolute Gasteiger partial charge is 0.263 e. The molecule has 0 unspecified atom stereocenters. The molecule has 0 radical (unpaired) electrons.